The minimum atomic E-state index is -4.07. The van der Waals surface area contributed by atoms with E-state index >= 15 is 0 Å². The topological polar surface area (TPSA) is 128 Å². The van der Waals surface area contributed by atoms with Gasteiger partial charge in [0, 0.05) is 25.4 Å². The lowest BCUT2D eigenvalue weighted by atomic mass is 10.3. The third kappa shape index (κ3) is 3.60. The first-order valence-corrected chi connectivity index (χ1v) is 5.97. The summed E-state index contributed by atoms with van der Waals surface area (Å²) < 4.78 is 32.1. The van der Waals surface area contributed by atoms with E-state index in [-0.39, 0.29) is 12.4 Å². The molecular formula is C7H13N5O4S. The third-order valence-corrected chi connectivity index (χ3v) is 2.66. The average Bonchev–Trinajstić information content (AvgIpc) is 2.56. The van der Waals surface area contributed by atoms with E-state index in [1.165, 1.54) is 4.68 Å². The van der Waals surface area contributed by atoms with Gasteiger partial charge in [0.2, 0.25) is 0 Å². The number of aromatic nitrogens is 2. The third-order valence-electron chi connectivity index (χ3n) is 1.76. The van der Waals surface area contributed by atoms with E-state index in [0.717, 1.165) is 7.11 Å². The molecule has 0 aromatic carbocycles. The highest BCUT2D eigenvalue weighted by Gasteiger charge is 2.17. The first-order chi connectivity index (χ1) is 7.88. The summed E-state index contributed by atoms with van der Waals surface area (Å²) in [5.41, 5.74) is 5.91. The molecule has 0 aliphatic heterocycles. The van der Waals surface area contributed by atoms with E-state index in [9.17, 15) is 13.2 Å². The SMILES string of the molecule is COC(=O)NS(=O)(=O)Nc1nn(C)cc1CN. The second-order valence-electron chi connectivity index (χ2n) is 3.08. The molecule has 1 aromatic rings. The molecule has 1 rings (SSSR count). The number of methoxy groups -OCH3 is 1. The van der Waals surface area contributed by atoms with E-state index < -0.39 is 16.3 Å². The Bertz CT molecular complexity index is 508. The van der Waals surface area contributed by atoms with Crippen molar-refractivity contribution in [2.45, 2.75) is 6.54 Å². The summed E-state index contributed by atoms with van der Waals surface area (Å²) in [6.45, 7) is 0.115. The average molecular weight is 263 g/mol. The fourth-order valence-corrected chi connectivity index (χ4v) is 1.86. The summed E-state index contributed by atoms with van der Waals surface area (Å²) in [6, 6.07) is 0. The molecule has 0 aliphatic carbocycles. The van der Waals surface area contributed by atoms with Crippen LogP contribution >= 0.6 is 0 Å². The molecule has 0 fully saturated rings. The Hall–Kier alpha value is -1.81. The van der Waals surface area contributed by atoms with Gasteiger partial charge in [-0.2, -0.15) is 13.5 Å². The quantitative estimate of drug-likeness (QED) is 0.632. The van der Waals surface area contributed by atoms with E-state index in [1.54, 1.807) is 18.0 Å². The van der Waals surface area contributed by atoms with Crippen molar-refractivity contribution < 1.29 is 17.9 Å². The summed E-state index contributed by atoms with van der Waals surface area (Å²) in [6.07, 6.45) is 0.471. The molecule has 9 nitrogen and oxygen atoms in total. The van der Waals surface area contributed by atoms with Crippen molar-refractivity contribution in [3.8, 4) is 0 Å². The molecule has 4 N–H and O–H groups in total. The lowest BCUT2D eigenvalue weighted by molar-refractivity contribution is 0.177. The number of hydrogen-bond donors (Lipinski definition) is 3. The van der Waals surface area contributed by atoms with Gasteiger partial charge in [-0.05, 0) is 0 Å². The predicted molar refractivity (Wildman–Crippen MR) is 59.2 cm³/mol. The molecule has 0 radical (unpaired) electrons. The van der Waals surface area contributed by atoms with Gasteiger partial charge in [0.1, 0.15) is 0 Å². The monoisotopic (exact) mass is 263 g/mol. The molecule has 10 heteroatoms. The van der Waals surface area contributed by atoms with Gasteiger partial charge in [-0.1, -0.05) is 0 Å². The molecule has 17 heavy (non-hydrogen) atoms. The molecule has 1 amide bonds. The maximum Gasteiger partial charge on any atom is 0.422 e. The second-order valence-corrected chi connectivity index (χ2v) is 4.50. The molecule has 0 saturated carbocycles. The minimum absolute atomic E-state index is 0.0615. The smallest absolute Gasteiger partial charge is 0.422 e. The predicted octanol–water partition coefficient (Wildman–Crippen LogP) is -1.11. The van der Waals surface area contributed by atoms with Crippen molar-refractivity contribution in [1.82, 2.24) is 14.5 Å². The van der Waals surface area contributed by atoms with E-state index in [4.69, 9.17) is 5.73 Å². The minimum Gasteiger partial charge on any atom is -0.452 e. The molecule has 96 valence electrons. The number of anilines is 1. The first kappa shape index (κ1) is 13.3. The van der Waals surface area contributed by atoms with Crippen LogP contribution in [0.4, 0.5) is 10.6 Å². The van der Waals surface area contributed by atoms with E-state index in [0.29, 0.717) is 5.56 Å². The van der Waals surface area contributed by atoms with Gasteiger partial charge in [0.05, 0.1) is 7.11 Å². The fraction of sp³-hybridized carbons (Fsp3) is 0.429. The summed E-state index contributed by atoms with van der Waals surface area (Å²) in [7, 11) is -1.40. The largest absolute Gasteiger partial charge is 0.452 e. The second kappa shape index (κ2) is 5.01. The van der Waals surface area contributed by atoms with E-state index in [2.05, 4.69) is 14.6 Å². The standard InChI is InChI=1S/C7H13N5O4S/c1-12-4-5(3-8)6(9-12)10-17(14,15)11-7(13)16-2/h4H,3,8H2,1-2H3,(H,9,10)(H,11,13). The van der Waals surface area contributed by atoms with Gasteiger partial charge in [-0.25, -0.2) is 14.2 Å². The molecule has 0 unspecified atom stereocenters. The zero-order valence-corrected chi connectivity index (χ0v) is 10.1. The Morgan fingerprint density at radius 3 is 2.82 bits per heavy atom. The Kier molecular flexibility index (Phi) is 3.91. The van der Waals surface area contributed by atoms with Crippen LogP contribution in [0, 0.1) is 0 Å². The lowest BCUT2D eigenvalue weighted by Gasteiger charge is -2.07. The molecule has 0 aliphatic rings. The summed E-state index contributed by atoms with van der Waals surface area (Å²) >= 11 is 0. The van der Waals surface area contributed by atoms with E-state index in [1.807, 2.05) is 0 Å². The normalized spacial score (nSPS) is 11.0. The molecule has 0 spiro atoms. The molecule has 0 bridgehead atoms. The van der Waals surface area contributed by atoms with Crippen LogP contribution in [0.3, 0.4) is 0 Å². The highest BCUT2D eigenvalue weighted by Crippen LogP contribution is 2.12. The number of amides is 1. The van der Waals surface area contributed by atoms with Crippen LogP contribution in [-0.2, 0) is 28.5 Å². The zero-order valence-electron chi connectivity index (χ0n) is 9.30. The van der Waals surface area contributed by atoms with Crippen molar-refractivity contribution in [3.63, 3.8) is 0 Å². The van der Waals surface area contributed by atoms with Crippen molar-refractivity contribution in [1.29, 1.82) is 0 Å². The number of carbonyl (C=O) groups is 1. The summed E-state index contributed by atoms with van der Waals surface area (Å²) in [5.74, 6) is 0.0615. The number of nitrogens with two attached hydrogens (primary N) is 1. The first-order valence-electron chi connectivity index (χ1n) is 4.49. The maximum absolute atomic E-state index is 11.4. The summed E-state index contributed by atoms with van der Waals surface area (Å²) in [4.78, 5) is 10.8. The number of nitrogens with one attached hydrogen (secondary N) is 2. The zero-order chi connectivity index (χ0) is 13.1. The van der Waals surface area contributed by atoms with Crippen LogP contribution in [0.2, 0.25) is 0 Å². The molecule has 1 aromatic heterocycles. The Labute approximate surface area is 98.1 Å². The maximum atomic E-state index is 11.4. The summed E-state index contributed by atoms with van der Waals surface area (Å²) in [5, 5.41) is 3.85. The van der Waals surface area contributed by atoms with Crippen molar-refractivity contribution in [2.24, 2.45) is 12.8 Å². The van der Waals surface area contributed by atoms with Gasteiger partial charge in [0.25, 0.3) is 0 Å². The van der Waals surface area contributed by atoms with Gasteiger partial charge in [0.15, 0.2) is 5.82 Å². The highest BCUT2D eigenvalue weighted by atomic mass is 32.2. The number of carbonyl (C=O) groups excluding carboxylic acids is 1. The van der Waals surface area contributed by atoms with Crippen LogP contribution in [0.5, 0.6) is 0 Å². The Balaban J connectivity index is 2.86. The molecule has 1 heterocycles. The number of hydrogen-bond acceptors (Lipinski definition) is 6. The van der Waals surface area contributed by atoms with Gasteiger partial charge < -0.3 is 10.5 Å². The Morgan fingerprint density at radius 1 is 1.65 bits per heavy atom. The van der Waals surface area contributed by atoms with Crippen molar-refractivity contribution in [2.75, 3.05) is 11.8 Å². The molecular weight excluding hydrogens is 250 g/mol. The van der Waals surface area contributed by atoms with Crippen LogP contribution in [0.25, 0.3) is 0 Å². The highest BCUT2D eigenvalue weighted by molar-refractivity contribution is 7.91. The van der Waals surface area contributed by atoms with Gasteiger partial charge in [-0.15, -0.1) is 0 Å². The van der Waals surface area contributed by atoms with Gasteiger partial charge >= 0.3 is 16.3 Å². The van der Waals surface area contributed by atoms with Crippen LogP contribution in [-0.4, -0.2) is 31.4 Å². The molecule has 0 saturated heterocycles. The number of ether oxygens (including phenoxy) is 1. The van der Waals surface area contributed by atoms with Crippen LogP contribution in [0.15, 0.2) is 6.20 Å². The number of aryl methyl sites for hydroxylation is 1. The fourth-order valence-electron chi connectivity index (χ4n) is 1.08. The van der Waals surface area contributed by atoms with Crippen LogP contribution < -0.4 is 15.2 Å². The van der Waals surface area contributed by atoms with Crippen molar-refractivity contribution >= 4 is 22.1 Å². The van der Waals surface area contributed by atoms with Crippen molar-refractivity contribution in [3.05, 3.63) is 11.8 Å². The van der Waals surface area contributed by atoms with Gasteiger partial charge in [-0.3, -0.25) is 4.68 Å². The number of nitrogens with zero attached hydrogens (tertiary/aromatic N) is 2. The molecule has 0 atom stereocenters. The Morgan fingerprint density at radius 2 is 2.29 bits per heavy atom. The lowest BCUT2D eigenvalue weighted by Crippen LogP contribution is -2.35. The number of rotatable bonds is 4. The van der Waals surface area contributed by atoms with Crippen LogP contribution in [0.1, 0.15) is 5.56 Å².